The molecule has 0 saturated carbocycles. The van der Waals surface area contributed by atoms with E-state index in [2.05, 4.69) is 66.3 Å². The van der Waals surface area contributed by atoms with Gasteiger partial charge in [0.2, 0.25) is 0 Å². The molecule has 1 fully saturated rings. The van der Waals surface area contributed by atoms with Crippen LogP contribution in [0.3, 0.4) is 0 Å². The molecule has 1 aromatic carbocycles. The summed E-state index contributed by atoms with van der Waals surface area (Å²) in [7, 11) is 0. The van der Waals surface area contributed by atoms with Gasteiger partial charge in [0.1, 0.15) is 0 Å². The number of aliphatic imine (C=N–C) groups is 1. The Kier molecular flexibility index (Phi) is 5.83. The summed E-state index contributed by atoms with van der Waals surface area (Å²) in [5.41, 5.74) is 7.33. The van der Waals surface area contributed by atoms with Crippen LogP contribution in [0.5, 0.6) is 0 Å². The summed E-state index contributed by atoms with van der Waals surface area (Å²) in [5, 5.41) is 3.22. The van der Waals surface area contributed by atoms with Gasteiger partial charge in [-0.25, -0.2) is 0 Å². The highest BCUT2D eigenvalue weighted by Gasteiger charge is 2.22. The molecule has 22 heavy (non-hydrogen) atoms. The fourth-order valence-corrected chi connectivity index (χ4v) is 2.85. The molecular formula is C18H30N4. The molecular weight excluding hydrogens is 272 g/mol. The van der Waals surface area contributed by atoms with Crippen LogP contribution in [0.15, 0.2) is 35.3 Å². The SMILES string of the molecule is CC(C)(C)NC(N)=NCC1CCN(CCc2ccccc2)C1. The average molecular weight is 302 g/mol. The summed E-state index contributed by atoms with van der Waals surface area (Å²) in [6, 6.07) is 10.7. The molecule has 1 atom stereocenters. The lowest BCUT2D eigenvalue weighted by atomic mass is 10.1. The van der Waals surface area contributed by atoms with Gasteiger partial charge in [0.15, 0.2) is 5.96 Å². The number of benzene rings is 1. The quantitative estimate of drug-likeness (QED) is 0.648. The van der Waals surface area contributed by atoms with Crippen LogP contribution in [-0.2, 0) is 6.42 Å². The summed E-state index contributed by atoms with van der Waals surface area (Å²) in [5.74, 6) is 1.20. The van der Waals surface area contributed by atoms with Gasteiger partial charge >= 0.3 is 0 Å². The lowest BCUT2D eigenvalue weighted by Gasteiger charge is -2.21. The van der Waals surface area contributed by atoms with Crippen molar-refractivity contribution in [3.05, 3.63) is 35.9 Å². The van der Waals surface area contributed by atoms with Crippen molar-refractivity contribution in [3.8, 4) is 0 Å². The maximum Gasteiger partial charge on any atom is 0.188 e. The number of guanidine groups is 1. The standard InChI is InChI=1S/C18H30N4/c1-18(2,3)21-17(19)20-13-16-10-12-22(14-16)11-9-15-7-5-4-6-8-15/h4-8,16H,9-14H2,1-3H3,(H3,19,20,21). The fourth-order valence-electron chi connectivity index (χ4n) is 2.85. The van der Waals surface area contributed by atoms with E-state index in [9.17, 15) is 0 Å². The maximum atomic E-state index is 5.93. The van der Waals surface area contributed by atoms with Gasteiger partial charge in [0, 0.05) is 25.2 Å². The summed E-state index contributed by atoms with van der Waals surface area (Å²) in [6.45, 7) is 10.6. The van der Waals surface area contributed by atoms with Crippen LogP contribution in [0.4, 0.5) is 0 Å². The van der Waals surface area contributed by atoms with E-state index in [0.717, 1.165) is 26.1 Å². The highest BCUT2D eigenvalue weighted by Crippen LogP contribution is 2.17. The predicted molar refractivity (Wildman–Crippen MR) is 94.1 cm³/mol. The number of nitrogens with two attached hydrogens (primary N) is 1. The zero-order valence-electron chi connectivity index (χ0n) is 14.2. The molecule has 4 nitrogen and oxygen atoms in total. The molecule has 1 aliphatic rings. The second kappa shape index (κ2) is 7.63. The van der Waals surface area contributed by atoms with Gasteiger partial charge in [-0.15, -0.1) is 0 Å². The second-order valence-corrected chi connectivity index (χ2v) is 7.29. The molecule has 0 aromatic heterocycles. The Balaban J connectivity index is 1.70. The van der Waals surface area contributed by atoms with Gasteiger partial charge in [-0.2, -0.15) is 0 Å². The normalized spacial score (nSPS) is 20.3. The first-order valence-electron chi connectivity index (χ1n) is 8.27. The minimum absolute atomic E-state index is 0.0228. The Morgan fingerprint density at radius 3 is 2.73 bits per heavy atom. The third-order valence-electron chi connectivity index (χ3n) is 3.95. The molecule has 1 unspecified atom stereocenters. The highest BCUT2D eigenvalue weighted by molar-refractivity contribution is 5.78. The van der Waals surface area contributed by atoms with Gasteiger partial charge in [0.25, 0.3) is 0 Å². The Morgan fingerprint density at radius 2 is 2.05 bits per heavy atom. The third kappa shape index (κ3) is 6.06. The number of hydrogen-bond acceptors (Lipinski definition) is 2. The van der Waals surface area contributed by atoms with Gasteiger partial charge in [0.05, 0.1) is 0 Å². The molecule has 1 saturated heterocycles. The molecule has 1 aliphatic heterocycles. The minimum Gasteiger partial charge on any atom is -0.370 e. The Labute approximate surface area is 134 Å². The summed E-state index contributed by atoms with van der Waals surface area (Å²) in [4.78, 5) is 7.04. The molecule has 122 valence electrons. The maximum absolute atomic E-state index is 5.93. The molecule has 0 bridgehead atoms. The number of nitrogens with one attached hydrogen (secondary N) is 1. The van der Waals surface area contributed by atoms with E-state index in [0.29, 0.717) is 11.9 Å². The van der Waals surface area contributed by atoms with Crippen molar-refractivity contribution in [1.82, 2.24) is 10.2 Å². The van der Waals surface area contributed by atoms with E-state index < -0.39 is 0 Å². The molecule has 2 rings (SSSR count). The molecule has 4 heteroatoms. The first kappa shape index (κ1) is 16.8. The van der Waals surface area contributed by atoms with Crippen LogP contribution in [-0.4, -0.2) is 42.6 Å². The predicted octanol–water partition coefficient (Wildman–Crippen LogP) is 2.25. The van der Waals surface area contributed by atoms with E-state index in [1.807, 2.05) is 0 Å². The van der Waals surface area contributed by atoms with E-state index in [4.69, 9.17) is 5.73 Å². The molecule has 0 amide bonds. The van der Waals surface area contributed by atoms with E-state index >= 15 is 0 Å². The van der Waals surface area contributed by atoms with Gasteiger partial charge in [-0.1, -0.05) is 30.3 Å². The van der Waals surface area contributed by atoms with Crippen LogP contribution in [0.1, 0.15) is 32.8 Å². The van der Waals surface area contributed by atoms with Crippen LogP contribution in [0.2, 0.25) is 0 Å². The van der Waals surface area contributed by atoms with Crippen molar-refractivity contribution in [2.24, 2.45) is 16.6 Å². The highest BCUT2D eigenvalue weighted by atomic mass is 15.2. The Bertz CT molecular complexity index is 476. The fraction of sp³-hybridized carbons (Fsp3) is 0.611. The van der Waals surface area contributed by atoms with Crippen LogP contribution < -0.4 is 11.1 Å². The Morgan fingerprint density at radius 1 is 1.32 bits per heavy atom. The smallest absolute Gasteiger partial charge is 0.188 e. The minimum atomic E-state index is -0.0228. The zero-order chi connectivity index (χ0) is 16.0. The lowest BCUT2D eigenvalue weighted by Crippen LogP contribution is -2.45. The van der Waals surface area contributed by atoms with Crippen molar-refractivity contribution in [2.45, 2.75) is 39.2 Å². The molecule has 0 aliphatic carbocycles. The summed E-state index contributed by atoms with van der Waals surface area (Å²) in [6.07, 6.45) is 2.35. The Hall–Kier alpha value is -1.55. The number of rotatable bonds is 5. The topological polar surface area (TPSA) is 53.6 Å². The van der Waals surface area contributed by atoms with E-state index in [1.54, 1.807) is 0 Å². The molecule has 0 spiro atoms. The third-order valence-corrected chi connectivity index (χ3v) is 3.95. The van der Waals surface area contributed by atoms with Gasteiger partial charge in [-0.05, 0) is 51.6 Å². The first-order chi connectivity index (χ1) is 10.4. The number of nitrogens with zero attached hydrogens (tertiary/aromatic N) is 2. The lowest BCUT2D eigenvalue weighted by molar-refractivity contribution is 0.329. The molecule has 1 heterocycles. The second-order valence-electron chi connectivity index (χ2n) is 7.29. The molecule has 1 aromatic rings. The zero-order valence-corrected chi connectivity index (χ0v) is 14.2. The van der Waals surface area contributed by atoms with Gasteiger partial charge < -0.3 is 16.0 Å². The van der Waals surface area contributed by atoms with E-state index in [1.165, 1.54) is 18.5 Å². The summed E-state index contributed by atoms with van der Waals surface area (Å²) < 4.78 is 0. The largest absolute Gasteiger partial charge is 0.370 e. The van der Waals surface area contributed by atoms with Crippen molar-refractivity contribution >= 4 is 5.96 Å². The monoisotopic (exact) mass is 302 g/mol. The first-order valence-corrected chi connectivity index (χ1v) is 8.27. The average Bonchev–Trinajstić information content (AvgIpc) is 2.90. The van der Waals surface area contributed by atoms with Crippen molar-refractivity contribution in [1.29, 1.82) is 0 Å². The summed E-state index contributed by atoms with van der Waals surface area (Å²) >= 11 is 0. The van der Waals surface area contributed by atoms with Crippen molar-refractivity contribution in [2.75, 3.05) is 26.2 Å². The van der Waals surface area contributed by atoms with Crippen LogP contribution in [0, 0.1) is 5.92 Å². The van der Waals surface area contributed by atoms with Gasteiger partial charge in [-0.3, -0.25) is 4.99 Å². The number of likely N-dealkylation sites (tertiary alicyclic amines) is 1. The number of hydrogen-bond donors (Lipinski definition) is 2. The van der Waals surface area contributed by atoms with Crippen LogP contribution >= 0.6 is 0 Å². The van der Waals surface area contributed by atoms with Crippen molar-refractivity contribution < 1.29 is 0 Å². The molecule has 0 radical (unpaired) electrons. The van der Waals surface area contributed by atoms with Crippen molar-refractivity contribution in [3.63, 3.8) is 0 Å². The van der Waals surface area contributed by atoms with E-state index in [-0.39, 0.29) is 5.54 Å². The van der Waals surface area contributed by atoms with Crippen LogP contribution in [0.25, 0.3) is 0 Å². The molecule has 3 N–H and O–H groups in total.